The Morgan fingerprint density at radius 1 is 1.16 bits per heavy atom. The van der Waals surface area contributed by atoms with Crippen molar-refractivity contribution in [2.45, 2.75) is 70.2 Å². The van der Waals surface area contributed by atoms with Gasteiger partial charge in [0.05, 0.1) is 17.1 Å². The van der Waals surface area contributed by atoms with Crippen LogP contribution in [0, 0.1) is 0 Å². The Kier molecular flexibility index (Phi) is 5.89. The van der Waals surface area contributed by atoms with Crippen LogP contribution < -0.4 is 11.0 Å². The summed E-state index contributed by atoms with van der Waals surface area (Å²) in [6.07, 6.45) is 7.60. The highest BCUT2D eigenvalue weighted by molar-refractivity contribution is 5.83. The third kappa shape index (κ3) is 3.89. The molecule has 0 amide bonds. The van der Waals surface area contributed by atoms with Crippen molar-refractivity contribution in [3.05, 3.63) is 70.3 Å². The summed E-state index contributed by atoms with van der Waals surface area (Å²) < 4.78 is 1.78. The number of nitrogens with zero attached hydrogens (tertiary/aromatic N) is 1. The fourth-order valence-corrected chi connectivity index (χ4v) is 5.25. The van der Waals surface area contributed by atoms with Crippen molar-refractivity contribution < 1.29 is 5.11 Å². The molecule has 4 aromatic rings. The lowest BCUT2D eigenvalue weighted by Gasteiger charge is -2.28. The van der Waals surface area contributed by atoms with E-state index in [0.717, 1.165) is 55.1 Å². The van der Waals surface area contributed by atoms with E-state index in [1.807, 2.05) is 18.2 Å². The third-order valence-electron chi connectivity index (χ3n) is 6.98. The number of aromatic nitrogens is 3. The van der Waals surface area contributed by atoms with Crippen LogP contribution in [0.2, 0.25) is 0 Å². The monoisotopic (exact) mass is 432 g/mol. The van der Waals surface area contributed by atoms with E-state index in [2.05, 4.69) is 52.7 Å². The number of rotatable bonds is 8. The zero-order valence-corrected chi connectivity index (χ0v) is 18.6. The summed E-state index contributed by atoms with van der Waals surface area (Å²) in [7, 11) is 0. The Bertz CT molecular complexity index is 1270. The van der Waals surface area contributed by atoms with Crippen LogP contribution in [0.5, 0.6) is 0 Å². The number of imidazole rings is 1. The molecule has 2 aromatic heterocycles. The van der Waals surface area contributed by atoms with E-state index in [4.69, 9.17) is 0 Å². The molecule has 0 aliphatic carbocycles. The lowest BCUT2D eigenvalue weighted by Crippen LogP contribution is -2.42. The summed E-state index contributed by atoms with van der Waals surface area (Å²) in [6, 6.07) is 14.4. The Hall–Kier alpha value is -2.83. The Morgan fingerprint density at radius 3 is 2.88 bits per heavy atom. The minimum Gasteiger partial charge on any atom is -0.387 e. The van der Waals surface area contributed by atoms with Gasteiger partial charge in [-0.25, -0.2) is 4.79 Å². The maximum absolute atomic E-state index is 12.4. The summed E-state index contributed by atoms with van der Waals surface area (Å²) in [4.78, 5) is 18.7. The van der Waals surface area contributed by atoms with Crippen LogP contribution in [0.4, 0.5) is 0 Å². The van der Waals surface area contributed by atoms with E-state index in [1.165, 1.54) is 16.5 Å². The summed E-state index contributed by atoms with van der Waals surface area (Å²) >= 11 is 0. The zero-order chi connectivity index (χ0) is 22.1. The number of aliphatic hydroxyl groups is 1. The number of H-pyrrole nitrogens is 2. The summed E-state index contributed by atoms with van der Waals surface area (Å²) in [5.74, 6) is 0. The highest BCUT2D eigenvalue weighted by Gasteiger charge is 2.29. The molecule has 0 radical (unpaired) electrons. The van der Waals surface area contributed by atoms with Gasteiger partial charge in [0.1, 0.15) is 0 Å². The molecule has 6 heteroatoms. The van der Waals surface area contributed by atoms with Gasteiger partial charge in [0.2, 0.25) is 0 Å². The molecule has 1 aliphatic rings. The number of aliphatic hydroxyl groups excluding tert-OH is 1. The van der Waals surface area contributed by atoms with Gasteiger partial charge in [0.25, 0.3) is 0 Å². The lowest BCUT2D eigenvalue weighted by molar-refractivity contribution is 0.116. The summed E-state index contributed by atoms with van der Waals surface area (Å²) in [6.45, 7) is 2.82. The number of aromatic amines is 2. The lowest BCUT2D eigenvalue weighted by atomic mass is 9.95. The van der Waals surface area contributed by atoms with Gasteiger partial charge in [0, 0.05) is 41.3 Å². The van der Waals surface area contributed by atoms with Gasteiger partial charge in [-0.1, -0.05) is 50.1 Å². The first-order valence-corrected chi connectivity index (χ1v) is 11.9. The highest BCUT2D eigenvalue weighted by atomic mass is 16.3. The average Bonchev–Trinajstić information content (AvgIpc) is 3.33. The Balaban J connectivity index is 1.35. The number of hydrogen-bond donors (Lipinski definition) is 4. The van der Waals surface area contributed by atoms with Crippen molar-refractivity contribution in [2.24, 2.45) is 0 Å². The molecule has 1 aliphatic heterocycles. The van der Waals surface area contributed by atoms with Crippen LogP contribution in [-0.4, -0.2) is 31.7 Å². The molecular formula is C26H32N4O2. The van der Waals surface area contributed by atoms with Crippen LogP contribution in [0.25, 0.3) is 21.9 Å². The molecular weight excluding hydrogens is 400 g/mol. The smallest absolute Gasteiger partial charge is 0.326 e. The van der Waals surface area contributed by atoms with E-state index in [0.29, 0.717) is 12.6 Å². The van der Waals surface area contributed by atoms with Crippen molar-refractivity contribution in [1.29, 1.82) is 0 Å². The first kappa shape index (κ1) is 21.0. The minimum atomic E-state index is -0.639. The standard InChI is InChI=1S/C26H32N4O2/c1-2-3-7-18(13-12-17-16-27-21-10-5-4-8-19(17)21)28-23-14-15-30-24-20(25(23)31)9-6-11-22(24)29-26(30)32/h4-6,8-11,16,18,23,25,27-28,31H,2-3,7,12-15H2,1H3,(H,29,32)/t18?,23-,25-/m1/s1. The van der Waals surface area contributed by atoms with Crippen molar-refractivity contribution in [1.82, 2.24) is 19.9 Å². The van der Waals surface area contributed by atoms with Gasteiger partial charge in [-0.05, 0) is 43.4 Å². The number of unbranched alkanes of at least 4 members (excludes halogenated alkanes) is 1. The fourth-order valence-electron chi connectivity index (χ4n) is 5.25. The van der Waals surface area contributed by atoms with Gasteiger partial charge in [0.15, 0.2) is 0 Å². The number of para-hydroxylation sites is 2. The van der Waals surface area contributed by atoms with Crippen molar-refractivity contribution >= 4 is 21.9 Å². The van der Waals surface area contributed by atoms with Crippen LogP contribution in [-0.2, 0) is 13.0 Å². The fraction of sp³-hybridized carbons (Fsp3) is 0.423. The van der Waals surface area contributed by atoms with E-state index >= 15 is 0 Å². The quantitative estimate of drug-likeness (QED) is 0.333. The number of hydrogen-bond acceptors (Lipinski definition) is 3. The molecule has 3 heterocycles. The van der Waals surface area contributed by atoms with E-state index in [9.17, 15) is 9.90 Å². The maximum Gasteiger partial charge on any atom is 0.326 e. The summed E-state index contributed by atoms with van der Waals surface area (Å²) in [5.41, 5.74) is 4.91. The second-order valence-corrected chi connectivity index (χ2v) is 9.07. The van der Waals surface area contributed by atoms with Gasteiger partial charge < -0.3 is 20.4 Å². The molecule has 1 unspecified atom stereocenters. The van der Waals surface area contributed by atoms with E-state index in [1.54, 1.807) is 4.57 Å². The molecule has 4 N–H and O–H groups in total. The maximum atomic E-state index is 12.4. The largest absolute Gasteiger partial charge is 0.387 e. The molecule has 0 bridgehead atoms. The first-order chi connectivity index (χ1) is 15.7. The molecule has 0 saturated carbocycles. The van der Waals surface area contributed by atoms with Crippen molar-refractivity contribution in [3.8, 4) is 0 Å². The minimum absolute atomic E-state index is 0.0790. The van der Waals surface area contributed by atoms with Gasteiger partial charge >= 0.3 is 5.69 Å². The Morgan fingerprint density at radius 2 is 2.00 bits per heavy atom. The zero-order valence-electron chi connectivity index (χ0n) is 18.6. The number of benzene rings is 2. The molecule has 3 atom stereocenters. The number of fused-ring (bicyclic) bond motifs is 1. The molecule has 32 heavy (non-hydrogen) atoms. The van der Waals surface area contributed by atoms with Crippen molar-refractivity contribution in [2.75, 3.05) is 0 Å². The third-order valence-corrected chi connectivity index (χ3v) is 6.98. The molecule has 0 spiro atoms. The Labute approximate surface area is 187 Å². The SMILES string of the molecule is CCCCC(CCc1c[nH]c2ccccc12)N[C@@H]1CCn2c(=O)[nH]c3cccc(c32)[C@H]1O. The predicted octanol–water partition coefficient (Wildman–Crippen LogP) is 4.40. The number of nitrogens with one attached hydrogen (secondary N) is 3. The molecule has 168 valence electrons. The molecule has 2 aromatic carbocycles. The topological polar surface area (TPSA) is 85.8 Å². The molecule has 6 nitrogen and oxygen atoms in total. The van der Waals surface area contributed by atoms with E-state index < -0.39 is 6.10 Å². The predicted molar refractivity (Wildman–Crippen MR) is 129 cm³/mol. The van der Waals surface area contributed by atoms with Gasteiger partial charge in [-0.2, -0.15) is 0 Å². The molecule has 0 fully saturated rings. The first-order valence-electron chi connectivity index (χ1n) is 11.9. The summed E-state index contributed by atoms with van der Waals surface area (Å²) in [5, 5.41) is 16.4. The van der Waals surface area contributed by atoms with Crippen LogP contribution in [0.3, 0.4) is 0 Å². The second kappa shape index (κ2) is 8.96. The van der Waals surface area contributed by atoms with E-state index in [-0.39, 0.29) is 11.7 Å². The second-order valence-electron chi connectivity index (χ2n) is 9.07. The van der Waals surface area contributed by atoms with Crippen LogP contribution >= 0.6 is 0 Å². The average molecular weight is 433 g/mol. The normalized spacial score (nSPS) is 19.4. The highest BCUT2D eigenvalue weighted by Crippen LogP contribution is 2.30. The van der Waals surface area contributed by atoms with Crippen LogP contribution in [0.15, 0.2) is 53.5 Å². The van der Waals surface area contributed by atoms with Crippen molar-refractivity contribution in [3.63, 3.8) is 0 Å². The van der Waals surface area contributed by atoms with Crippen LogP contribution in [0.1, 0.15) is 56.3 Å². The molecule has 0 saturated heterocycles. The number of aryl methyl sites for hydroxylation is 2. The van der Waals surface area contributed by atoms with Gasteiger partial charge in [-0.3, -0.25) is 4.57 Å². The molecule has 5 rings (SSSR count). The van der Waals surface area contributed by atoms with Gasteiger partial charge in [-0.15, -0.1) is 0 Å².